The van der Waals surface area contributed by atoms with Gasteiger partial charge in [0.2, 0.25) is 0 Å². The van der Waals surface area contributed by atoms with Crippen LogP contribution in [-0.2, 0) is 0 Å². The average Bonchev–Trinajstić information content (AvgIpc) is 2.12. The minimum Gasteiger partial charge on any atom is -0.384 e. The normalized spacial score (nSPS) is 20.7. The van der Waals surface area contributed by atoms with Crippen molar-refractivity contribution in [1.29, 1.82) is 0 Å². The third-order valence-corrected chi connectivity index (χ3v) is 2.93. The van der Waals surface area contributed by atoms with Crippen molar-refractivity contribution in [3.8, 4) is 0 Å². The average molecular weight is 245 g/mol. The lowest BCUT2D eigenvalue weighted by molar-refractivity contribution is 0.561. The molecule has 1 aliphatic rings. The van der Waals surface area contributed by atoms with E-state index in [0.29, 0.717) is 5.56 Å². The molecule has 4 heteroatoms. The third kappa shape index (κ3) is 1.44. The van der Waals surface area contributed by atoms with E-state index in [-0.39, 0.29) is 11.9 Å². The second-order valence-corrected chi connectivity index (χ2v) is 3.99. The molecule has 0 saturated heterocycles. The van der Waals surface area contributed by atoms with Gasteiger partial charge in [0.25, 0.3) is 0 Å². The van der Waals surface area contributed by atoms with Gasteiger partial charge in [-0.05, 0) is 34.5 Å². The van der Waals surface area contributed by atoms with Gasteiger partial charge in [0.05, 0.1) is 5.69 Å². The highest BCUT2D eigenvalue weighted by Gasteiger charge is 2.21. The Hall–Kier alpha value is -0.610. The van der Waals surface area contributed by atoms with Crippen LogP contribution in [0.2, 0.25) is 0 Å². The van der Waals surface area contributed by atoms with E-state index >= 15 is 0 Å². The first-order valence-corrected chi connectivity index (χ1v) is 4.97. The Balaban J connectivity index is 2.60. The van der Waals surface area contributed by atoms with Crippen LogP contribution < -0.4 is 11.1 Å². The van der Waals surface area contributed by atoms with E-state index in [2.05, 4.69) is 21.2 Å². The lowest BCUT2D eigenvalue weighted by Gasteiger charge is -2.25. The highest BCUT2D eigenvalue weighted by Crippen LogP contribution is 2.35. The fourth-order valence-corrected chi connectivity index (χ4v) is 2.09. The van der Waals surface area contributed by atoms with E-state index in [1.54, 1.807) is 6.07 Å². The van der Waals surface area contributed by atoms with Gasteiger partial charge < -0.3 is 11.1 Å². The molecule has 1 aromatic rings. The fourth-order valence-electron chi connectivity index (χ4n) is 1.61. The summed E-state index contributed by atoms with van der Waals surface area (Å²) >= 11 is 3.36. The number of fused-ring (bicyclic) bond motifs is 1. The maximum atomic E-state index is 13.4. The van der Waals surface area contributed by atoms with Crippen LogP contribution in [0.3, 0.4) is 0 Å². The Kier molecular flexibility index (Phi) is 2.26. The van der Waals surface area contributed by atoms with E-state index in [1.807, 2.05) is 0 Å². The number of rotatable bonds is 0. The van der Waals surface area contributed by atoms with E-state index < -0.39 is 0 Å². The van der Waals surface area contributed by atoms with Crippen LogP contribution in [0.1, 0.15) is 18.0 Å². The van der Waals surface area contributed by atoms with Gasteiger partial charge in [0, 0.05) is 22.6 Å². The molecular weight excluding hydrogens is 235 g/mol. The van der Waals surface area contributed by atoms with Gasteiger partial charge in [-0.1, -0.05) is 0 Å². The van der Waals surface area contributed by atoms with E-state index in [1.165, 1.54) is 6.07 Å². The van der Waals surface area contributed by atoms with Crippen molar-refractivity contribution >= 4 is 21.6 Å². The summed E-state index contributed by atoms with van der Waals surface area (Å²) in [5.41, 5.74) is 7.22. The summed E-state index contributed by atoms with van der Waals surface area (Å²) in [7, 11) is 0. The summed E-state index contributed by atoms with van der Waals surface area (Å²) in [6.07, 6.45) is 0.778. The number of hydrogen-bond acceptors (Lipinski definition) is 2. The molecule has 0 bridgehead atoms. The van der Waals surface area contributed by atoms with Crippen LogP contribution in [0.5, 0.6) is 0 Å². The van der Waals surface area contributed by atoms with Gasteiger partial charge in [-0.2, -0.15) is 0 Å². The molecule has 0 radical (unpaired) electrons. The molecule has 0 aliphatic carbocycles. The van der Waals surface area contributed by atoms with Gasteiger partial charge in [-0.15, -0.1) is 0 Å². The Labute approximate surface area is 84.4 Å². The van der Waals surface area contributed by atoms with Crippen molar-refractivity contribution in [2.75, 3.05) is 11.9 Å². The topological polar surface area (TPSA) is 38.0 Å². The highest BCUT2D eigenvalue weighted by molar-refractivity contribution is 9.10. The van der Waals surface area contributed by atoms with E-state index in [0.717, 1.165) is 23.1 Å². The predicted octanol–water partition coefficient (Wildman–Crippen LogP) is 2.40. The summed E-state index contributed by atoms with van der Waals surface area (Å²) in [5, 5.41) is 3.14. The molecule has 2 nitrogen and oxygen atoms in total. The molecule has 1 aliphatic heterocycles. The van der Waals surface area contributed by atoms with E-state index in [9.17, 15) is 4.39 Å². The standard InChI is InChI=1S/C9H10BrFN2/c10-5-1-2-6(11)8-7(12)3-4-13-9(5)8/h1-2,7,13H,3-4,12H2. The summed E-state index contributed by atoms with van der Waals surface area (Å²) < 4.78 is 14.2. The number of hydrogen-bond donors (Lipinski definition) is 2. The third-order valence-electron chi connectivity index (χ3n) is 2.27. The molecule has 1 heterocycles. The summed E-state index contributed by atoms with van der Waals surface area (Å²) in [4.78, 5) is 0. The second-order valence-electron chi connectivity index (χ2n) is 3.14. The van der Waals surface area contributed by atoms with E-state index in [4.69, 9.17) is 5.73 Å². The molecule has 0 spiro atoms. The number of anilines is 1. The molecule has 0 saturated carbocycles. The van der Waals surface area contributed by atoms with Crippen LogP contribution in [0.4, 0.5) is 10.1 Å². The van der Waals surface area contributed by atoms with Crippen molar-refractivity contribution in [3.05, 3.63) is 28.0 Å². The molecule has 0 fully saturated rings. The number of halogens is 2. The molecule has 1 aromatic carbocycles. The highest BCUT2D eigenvalue weighted by atomic mass is 79.9. The number of benzene rings is 1. The van der Waals surface area contributed by atoms with Gasteiger partial charge >= 0.3 is 0 Å². The maximum absolute atomic E-state index is 13.4. The Bertz CT molecular complexity index is 341. The SMILES string of the molecule is NC1CCNc2c(Br)ccc(F)c21. The molecule has 13 heavy (non-hydrogen) atoms. The minimum absolute atomic E-state index is 0.186. The van der Waals surface area contributed by atoms with Crippen LogP contribution in [-0.4, -0.2) is 6.54 Å². The number of nitrogens with two attached hydrogens (primary N) is 1. The van der Waals surface area contributed by atoms with Crippen LogP contribution in [0, 0.1) is 5.82 Å². The minimum atomic E-state index is -0.224. The van der Waals surface area contributed by atoms with Crippen molar-refractivity contribution in [3.63, 3.8) is 0 Å². The van der Waals surface area contributed by atoms with Crippen molar-refractivity contribution in [2.45, 2.75) is 12.5 Å². The lowest BCUT2D eigenvalue weighted by Crippen LogP contribution is -2.24. The number of nitrogens with one attached hydrogen (secondary N) is 1. The fraction of sp³-hybridized carbons (Fsp3) is 0.333. The first-order valence-electron chi connectivity index (χ1n) is 4.17. The summed E-state index contributed by atoms with van der Waals surface area (Å²) in [6, 6.07) is 2.95. The second kappa shape index (κ2) is 3.27. The summed E-state index contributed by atoms with van der Waals surface area (Å²) in [6.45, 7) is 0.802. The quantitative estimate of drug-likeness (QED) is 0.736. The molecule has 2 rings (SSSR count). The molecule has 0 amide bonds. The van der Waals surface area contributed by atoms with Crippen molar-refractivity contribution < 1.29 is 4.39 Å². The van der Waals surface area contributed by atoms with Crippen LogP contribution in [0.15, 0.2) is 16.6 Å². The van der Waals surface area contributed by atoms with Gasteiger partial charge in [-0.25, -0.2) is 4.39 Å². The molecule has 1 atom stereocenters. The zero-order valence-electron chi connectivity index (χ0n) is 6.98. The molecule has 1 unspecified atom stereocenters. The summed E-state index contributed by atoms with van der Waals surface area (Å²) in [5.74, 6) is -0.224. The Morgan fingerprint density at radius 1 is 1.54 bits per heavy atom. The first-order chi connectivity index (χ1) is 6.20. The van der Waals surface area contributed by atoms with Crippen molar-refractivity contribution in [1.82, 2.24) is 0 Å². The zero-order valence-corrected chi connectivity index (χ0v) is 8.57. The Morgan fingerprint density at radius 3 is 3.00 bits per heavy atom. The maximum Gasteiger partial charge on any atom is 0.130 e. The van der Waals surface area contributed by atoms with Gasteiger partial charge in [-0.3, -0.25) is 0 Å². The zero-order chi connectivity index (χ0) is 9.42. The Morgan fingerprint density at radius 2 is 2.31 bits per heavy atom. The predicted molar refractivity (Wildman–Crippen MR) is 54.1 cm³/mol. The van der Waals surface area contributed by atoms with Crippen LogP contribution >= 0.6 is 15.9 Å². The lowest BCUT2D eigenvalue weighted by atomic mass is 9.98. The molecule has 0 aromatic heterocycles. The molecule has 3 N–H and O–H groups in total. The molecular formula is C9H10BrFN2. The molecule has 70 valence electrons. The smallest absolute Gasteiger partial charge is 0.130 e. The van der Waals surface area contributed by atoms with Crippen LogP contribution in [0.25, 0.3) is 0 Å². The first kappa shape index (κ1) is 8.97. The largest absolute Gasteiger partial charge is 0.384 e. The van der Waals surface area contributed by atoms with Gasteiger partial charge in [0.15, 0.2) is 0 Å². The van der Waals surface area contributed by atoms with Crippen molar-refractivity contribution in [2.24, 2.45) is 5.73 Å². The van der Waals surface area contributed by atoms with Gasteiger partial charge in [0.1, 0.15) is 5.82 Å². The monoisotopic (exact) mass is 244 g/mol.